The van der Waals surface area contributed by atoms with Gasteiger partial charge in [0, 0.05) is 6.04 Å². The van der Waals surface area contributed by atoms with Crippen molar-refractivity contribution in [2.75, 3.05) is 0 Å². The van der Waals surface area contributed by atoms with Gasteiger partial charge in [-0.05, 0) is 20.8 Å². The lowest BCUT2D eigenvalue weighted by Gasteiger charge is -2.08. The molecule has 1 atom stereocenters. The van der Waals surface area contributed by atoms with Crippen LogP contribution < -0.4 is 5.32 Å². The van der Waals surface area contributed by atoms with Crippen LogP contribution in [0.5, 0.6) is 0 Å². The molecule has 2 N–H and O–H groups in total. The summed E-state index contributed by atoms with van der Waals surface area (Å²) in [5, 5.41) is 11.6. The Bertz CT molecular complexity index is 327. The minimum atomic E-state index is -0.810. The van der Waals surface area contributed by atoms with Crippen LogP contribution in [0.15, 0.2) is 4.42 Å². The zero-order chi connectivity index (χ0) is 11.4. The van der Waals surface area contributed by atoms with Gasteiger partial charge < -0.3 is 14.8 Å². The second-order valence-electron chi connectivity index (χ2n) is 3.63. The van der Waals surface area contributed by atoms with Gasteiger partial charge in [0.15, 0.2) is 0 Å². The van der Waals surface area contributed by atoms with E-state index >= 15 is 0 Å². The van der Waals surface area contributed by atoms with Crippen LogP contribution in [0, 0.1) is 13.8 Å². The normalized spacial score (nSPS) is 12.7. The molecule has 15 heavy (non-hydrogen) atoms. The Labute approximate surface area is 88.5 Å². The third kappa shape index (κ3) is 3.71. The molecule has 1 heterocycles. The van der Waals surface area contributed by atoms with Gasteiger partial charge in [0.25, 0.3) is 0 Å². The lowest BCUT2D eigenvalue weighted by molar-refractivity contribution is -0.137. The number of carboxylic acid groups (broad SMARTS) is 1. The largest absolute Gasteiger partial charge is 0.481 e. The Balaban J connectivity index is 2.40. The van der Waals surface area contributed by atoms with E-state index < -0.39 is 5.97 Å². The highest BCUT2D eigenvalue weighted by molar-refractivity contribution is 5.67. The van der Waals surface area contributed by atoms with E-state index in [0.717, 1.165) is 11.5 Å². The Morgan fingerprint density at radius 2 is 2.27 bits per heavy atom. The number of hydrogen-bond donors (Lipinski definition) is 2. The predicted octanol–water partition coefficient (Wildman–Crippen LogP) is 1.24. The first kappa shape index (κ1) is 11.7. The first-order chi connectivity index (χ1) is 6.99. The van der Waals surface area contributed by atoms with Gasteiger partial charge in [-0.1, -0.05) is 0 Å². The SMILES string of the molecule is Cc1nc(CNC(C)CC(=O)O)oc1C. The smallest absolute Gasteiger partial charge is 0.304 e. The second-order valence-corrected chi connectivity index (χ2v) is 3.63. The topological polar surface area (TPSA) is 75.4 Å². The van der Waals surface area contributed by atoms with E-state index in [2.05, 4.69) is 10.3 Å². The number of oxazole rings is 1. The molecule has 0 aliphatic carbocycles. The molecule has 0 spiro atoms. The van der Waals surface area contributed by atoms with Crippen LogP contribution in [-0.4, -0.2) is 22.1 Å². The van der Waals surface area contributed by atoms with Gasteiger partial charge in [0.05, 0.1) is 18.7 Å². The number of rotatable bonds is 5. The molecule has 0 aromatic carbocycles. The van der Waals surface area contributed by atoms with Crippen LogP contribution in [0.1, 0.15) is 30.7 Å². The summed E-state index contributed by atoms with van der Waals surface area (Å²) in [7, 11) is 0. The molecule has 5 nitrogen and oxygen atoms in total. The molecule has 0 fully saturated rings. The van der Waals surface area contributed by atoms with Crippen molar-refractivity contribution in [2.45, 2.75) is 39.8 Å². The Kier molecular flexibility index (Phi) is 3.85. The summed E-state index contributed by atoms with van der Waals surface area (Å²) in [5.41, 5.74) is 0.873. The average molecular weight is 212 g/mol. The number of nitrogens with one attached hydrogen (secondary N) is 1. The summed E-state index contributed by atoms with van der Waals surface area (Å²) >= 11 is 0. The highest BCUT2D eigenvalue weighted by atomic mass is 16.4. The summed E-state index contributed by atoms with van der Waals surface area (Å²) in [4.78, 5) is 14.6. The van der Waals surface area contributed by atoms with Crippen LogP contribution in [0.25, 0.3) is 0 Å². The molecule has 1 aromatic heterocycles. The maximum atomic E-state index is 10.4. The molecule has 0 saturated heterocycles. The second kappa shape index (κ2) is 4.93. The van der Waals surface area contributed by atoms with Gasteiger partial charge in [-0.15, -0.1) is 0 Å². The average Bonchev–Trinajstić information content (AvgIpc) is 2.42. The fourth-order valence-electron chi connectivity index (χ4n) is 1.21. The molecule has 5 heteroatoms. The number of nitrogens with zero attached hydrogens (tertiary/aromatic N) is 1. The molecule has 0 aliphatic rings. The lowest BCUT2D eigenvalue weighted by Crippen LogP contribution is -2.28. The highest BCUT2D eigenvalue weighted by Crippen LogP contribution is 2.08. The van der Waals surface area contributed by atoms with E-state index in [1.807, 2.05) is 20.8 Å². The number of hydrogen-bond acceptors (Lipinski definition) is 4. The monoisotopic (exact) mass is 212 g/mol. The van der Waals surface area contributed by atoms with Gasteiger partial charge in [-0.25, -0.2) is 4.98 Å². The van der Waals surface area contributed by atoms with Crippen molar-refractivity contribution in [1.29, 1.82) is 0 Å². The van der Waals surface area contributed by atoms with E-state index in [9.17, 15) is 4.79 Å². The van der Waals surface area contributed by atoms with Crippen molar-refractivity contribution < 1.29 is 14.3 Å². The predicted molar refractivity (Wildman–Crippen MR) is 54.5 cm³/mol. The summed E-state index contributed by atoms with van der Waals surface area (Å²) in [6.07, 6.45) is 0.0959. The van der Waals surface area contributed by atoms with Crippen LogP contribution in [0.3, 0.4) is 0 Å². The fraction of sp³-hybridized carbons (Fsp3) is 0.600. The van der Waals surface area contributed by atoms with Gasteiger partial charge in [0.2, 0.25) is 5.89 Å². The maximum Gasteiger partial charge on any atom is 0.304 e. The highest BCUT2D eigenvalue weighted by Gasteiger charge is 2.09. The van der Waals surface area contributed by atoms with E-state index in [1.54, 1.807) is 0 Å². The third-order valence-corrected chi connectivity index (χ3v) is 2.16. The molecular weight excluding hydrogens is 196 g/mol. The Hall–Kier alpha value is -1.36. The van der Waals surface area contributed by atoms with Crippen LogP contribution in [-0.2, 0) is 11.3 Å². The first-order valence-corrected chi connectivity index (χ1v) is 4.87. The van der Waals surface area contributed by atoms with E-state index in [1.165, 1.54) is 0 Å². The summed E-state index contributed by atoms with van der Waals surface area (Å²) < 4.78 is 5.35. The molecule has 0 bridgehead atoms. The van der Waals surface area contributed by atoms with Crippen LogP contribution >= 0.6 is 0 Å². The van der Waals surface area contributed by atoms with Crippen molar-refractivity contribution in [3.63, 3.8) is 0 Å². The molecular formula is C10H16N2O3. The zero-order valence-corrected chi connectivity index (χ0v) is 9.20. The molecule has 1 rings (SSSR count). The van der Waals surface area contributed by atoms with Crippen molar-refractivity contribution in [3.05, 3.63) is 17.3 Å². The molecule has 84 valence electrons. The number of carboxylic acids is 1. The maximum absolute atomic E-state index is 10.4. The van der Waals surface area contributed by atoms with E-state index in [0.29, 0.717) is 12.4 Å². The van der Waals surface area contributed by atoms with Gasteiger partial charge >= 0.3 is 5.97 Å². The lowest BCUT2D eigenvalue weighted by atomic mass is 10.2. The number of carbonyl (C=O) groups is 1. The zero-order valence-electron chi connectivity index (χ0n) is 9.20. The number of aliphatic carboxylic acids is 1. The molecule has 0 amide bonds. The molecule has 1 unspecified atom stereocenters. The number of aryl methyl sites for hydroxylation is 2. The van der Waals surface area contributed by atoms with Crippen molar-refractivity contribution in [1.82, 2.24) is 10.3 Å². The summed E-state index contributed by atoms with van der Waals surface area (Å²) in [6, 6.07) is -0.0880. The molecule has 0 saturated carbocycles. The third-order valence-electron chi connectivity index (χ3n) is 2.16. The fourth-order valence-corrected chi connectivity index (χ4v) is 1.21. The van der Waals surface area contributed by atoms with Gasteiger partial charge in [-0.3, -0.25) is 4.79 Å². The quantitative estimate of drug-likeness (QED) is 0.768. The Morgan fingerprint density at radius 1 is 1.60 bits per heavy atom. The molecule has 0 radical (unpaired) electrons. The van der Waals surface area contributed by atoms with Crippen LogP contribution in [0.4, 0.5) is 0 Å². The Morgan fingerprint density at radius 3 is 2.73 bits per heavy atom. The summed E-state index contributed by atoms with van der Waals surface area (Å²) in [5.74, 6) is 0.592. The van der Waals surface area contributed by atoms with Crippen LogP contribution in [0.2, 0.25) is 0 Å². The minimum absolute atomic E-state index is 0.0880. The molecule has 1 aromatic rings. The van der Waals surface area contributed by atoms with Gasteiger partial charge in [-0.2, -0.15) is 0 Å². The van der Waals surface area contributed by atoms with Crippen molar-refractivity contribution >= 4 is 5.97 Å². The van der Waals surface area contributed by atoms with Crippen molar-refractivity contribution in [2.24, 2.45) is 0 Å². The minimum Gasteiger partial charge on any atom is -0.481 e. The first-order valence-electron chi connectivity index (χ1n) is 4.87. The number of aromatic nitrogens is 1. The van der Waals surface area contributed by atoms with E-state index in [-0.39, 0.29) is 12.5 Å². The summed E-state index contributed by atoms with van der Waals surface area (Å²) in [6.45, 7) is 6.01. The van der Waals surface area contributed by atoms with Crippen molar-refractivity contribution in [3.8, 4) is 0 Å². The standard InChI is InChI=1S/C10H16N2O3/c1-6(4-10(13)14)11-5-9-12-7(2)8(3)15-9/h6,11H,4-5H2,1-3H3,(H,13,14). The van der Waals surface area contributed by atoms with Gasteiger partial charge in [0.1, 0.15) is 5.76 Å². The van der Waals surface area contributed by atoms with E-state index in [4.69, 9.17) is 9.52 Å². The molecule has 0 aliphatic heterocycles.